The molecule has 1 aromatic carbocycles. The van der Waals surface area contributed by atoms with Crippen molar-refractivity contribution in [3.63, 3.8) is 0 Å². The number of aryl methyl sites for hydroxylation is 1. The second-order valence-corrected chi connectivity index (χ2v) is 5.07. The van der Waals surface area contributed by atoms with E-state index in [2.05, 4.69) is 5.32 Å². The minimum Gasteiger partial charge on any atom is -0.490 e. The van der Waals surface area contributed by atoms with Crippen molar-refractivity contribution in [1.29, 1.82) is 0 Å². The highest BCUT2D eigenvalue weighted by atomic mass is 19.1. The summed E-state index contributed by atoms with van der Waals surface area (Å²) < 4.78 is 24.4. The van der Waals surface area contributed by atoms with Crippen LogP contribution in [0.25, 0.3) is 0 Å². The van der Waals surface area contributed by atoms with Crippen LogP contribution in [0.1, 0.15) is 32.8 Å². The van der Waals surface area contributed by atoms with Crippen molar-refractivity contribution in [1.82, 2.24) is 5.32 Å². The van der Waals surface area contributed by atoms with E-state index in [4.69, 9.17) is 9.47 Å². The van der Waals surface area contributed by atoms with Gasteiger partial charge >= 0.3 is 5.97 Å². The second-order valence-electron chi connectivity index (χ2n) is 5.07. The Morgan fingerprint density at radius 1 is 1.38 bits per heavy atom. The van der Waals surface area contributed by atoms with Gasteiger partial charge in [-0.2, -0.15) is 0 Å². The zero-order valence-corrected chi connectivity index (χ0v) is 13.2. The van der Waals surface area contributed by atoms with Crippen LogP contribution in [0, 0.1) is 12.7 Å². The monoisotopic (exact) mass is 297 g/mol. The van der Waals surface area contributed by atoms with Crippen LogP contribution in [0.4, 0.5) is 4.39 Å². The van der Waals surface area contributed by atoms with Crippen molar-refractivity contribution in [2.24, 2.45) is 0 Å². The van der Waals surface area contributed by atoms with E-state index in [1.807, 2.05) is 6.92 Å². The maximum atomic E-state index is 13.8. The molecule has 1 aromatic rings. The summed E-state index contributed by atoms with van der Waals surface area (Å²) in [6, 6.07) is 5.00. The average Bonchev–Trinajstić information content (AvgIpc) is 2.44. The molecule has 0 aliphatic rings. The van der Waals surface area contributed by atoms with Crippen molar-refractivity contribution in [2.45, 2.75) is 39.7 Å². The van der Waals surface area contributed by atoms with Crippen molar-refractivity contribution >= 4 is 5.97 Å². The topological polar surface area (TPSA) is 47.6 Å². The number of halogens is 1. The summed E-state index contributed by atoms with van der Waals surface area (Å²) in [6.45, 7) is 8.32. The summed E-state index contributed by atoms with van der Waals surface area (Å²) in [5.41, 5.74) is -0.294. The normalized spacial score (nSPS) is 13.6. The summed E-state index contributed by atoms with van der Waals surface area (Å²) in [4.78, 5) is 12.0. The molecule has 0 saturated carbocycles. The molecule has 0 amide bonds. The van der Waals surface area contributed by atoms with Gasteiger partial charge < -0.3 is 14.8 Å². The van der Waals surface area contributed by atoms with Gasteiger partial charge in [0.25, 0.3) is 0 Å². The predicted molar refractivity (Wildman–Crippen MR) is 80.0 cm³/mol. The molecule has 0 fully saturated rings. The molecule has 0 radical (unpaired) electrons. The predicted octanol–water partition coefficient (Wildman–Crippen LogP) is 2.83. The highest BCUT2D eigenvalue weighted by Gasteiger charge is 2.33. The first-order chi connectivity index (χ1) is 9.94. The average molecular weight is 297 g/mol. The number of hydrogen-bond acceptors (Lipinski definition) is 4. The van der Waals surface area contributed by atoms with Crippen LogP contribution < -0.4 is 10.1 Å². The summed E-state index contributed by atoms with van der Waals surface area (Å²) in [5, 5.41) is 3.11. The molecule has 1 rings (SSSR count). The van der Waals surface area contributed by atoms with Gasteiger partial charge in [-0.05, 0) is 38.9 Å². The molecular weight excluding hydrogens is 273 g/mol. The Bertz CT molecular complexity index is 479. The summed E-state index contributed by atoms with van der Waals surface area (Å²) >= 11 is 0. The Morgan fingerprint density at radius 3 is 2.71 bits per heavy atom. The van der Waals surface area contributed by atoms with Gasteiger partial charge in [-0.3, -0.25) is 4.79 Å². The molecule has 1 atom stereocenters. The van der Waals surface area contributed by atoms with Crippen LogP contribution >= 0.6 is 0 Å². The van der Waals surface area contributed by atoms with E-state index >= 15 is 0 Å². The SMILES string of the molecule is CCNC(C)(CCOc1cccc(C)c1F)C(=O)OCC. The van der Waals surface area contributed by atoms with Crippen LogP contribution in [-0.2, 0) is 9.53 Å². The van der Waals surface area contributed by atoms with Crippen molar-refractivity contribution in [3.8, 4) is 5.75 Å². The summed E-state index contributed by atoms with van der Waals surface area (Å²) in [6.07, 6.45) is 0.396. The highest BCUT2D eigenvalue weighted by molar-refractivity contribution is 5.80. The minimum absolute atomic E-state index is 0.206. The first kappa shape index (κ1) is 17.4. The largest absolute Gasteiger partial charge is 0.490 e. The molecule has 0 aliphatic carbocycles. The van der Waals surface area contributed by atoms with Gasteiger partial charge in [0.15, 0.2) is 11.6 Å². The third-order valence-corrected chi connectivity index (χ3v) is 3.31. The van der Waals surface area contributed by atoms with Crippen LogP contribution in [0.3, 0.4) is 0 Å². The second kappa shape index (κ2) is 7.98. The number of rotatable bonds is 8. The molecule has 21 heavy (non-hydrogen) atoms. The standard InChI is InChI=1S/C16H24FNO3/c1-5-18-16(4,15(19)20-6-2)10-11-21-13-9-7-8-12(3)14(13)17/h7-9,18H,5-6,10-11H2,1-4H3. The van der Waals surface area contributed by atoms with Crippen LogP contribution in [0.5, 0.6) is 5.75 Å². The Balaban J connectivity index is 2.65. The summed E-state index contributed by atoms with van der Waals surface area (Å²) in [5.74, 6) is -0.475. The van der Waals surface area contributed by atoms with Gasteiger partial charge in [-0.15, -0.1) is 0 Å². The fraction of sp³-hybridized carbons (Fsp3) is 0.562. The Kier molecular flexibility index (Phi) is 6.62. The Morgan fingerprint density at radius 2 is 2.10 bits per heavy atom. The molecule has 0 heterocycles. The van der Waals surface area contributed by atoms with Crippen LogP contribution in [0.15, 0.2) is 18.2 Å². The molecule has 5 heteroatoms. The van der Waals surface area contributed by atoms with Gasteiger partial charge in [-0.1, -0.05) is 19.1 Å². The zero-order chi connectivity index (χ0) is 15.9. The first-order valence-electron chi connectivity index (χ1n) is 7.24. The van der Waals surface area contributed by atoms with Crippen LogP contribution in [0.2, 0.25) is 0 Å². The number of hydrogen-bond donors (Lipinski definition) is 1. The molecule has 0 spiro atoms. The van der Waals surface area contributed by atoms with E-state index in [1.165, 1.54) is 0 Å². The number of nitrogens with one attached hydrogen (secondary N) is 1. The number of ether oxygens (including phenoxy) is 2. The third-order valence-electron chi connectivity index (χ3n) is 3.31. The lowest BCUT2D eigenvalue weighted by atomic mass is 9.98. The molecular formula is C16H24FNO3. The Hall–Kier alpha value is -1.62. The maximum absolute atomic E-state index is 13.8. The fourth-order valence-corrected chi connectivity index (χ4v) is 2.04. The van der Waals surface area contributed by atoms with Crippen LogP contribution in [-0.4, -0.2) is 31.3 Å². The highest BCUT2D eigenvalue weighted by Crippen LogP contribution is 2.21. The van der Waals surface area contributed by atoms with Crippen molar-refractivity contribution < 1.29 is 18.7 Å². The smallest absolute Gasteiger partial charge is 0.326 e. The van der Waals surface area contributed by atoms with E-state index < -0.39 is 5.54 Å². The van der Waals surface area contributed by atoms with E-state index in [1.54, 1.807) is 39.0 Å². The number of likely N-dealkylation sites (N-methyl/N-ethyl adjacent to an activating group) is 1. The summed E-state index contributed by atoms with van der Waals surface area (Å²) in [7, 11) is 0. The quantitative estimate of drug-likeness (QED) is 0.750. The van der Waals surface area contributed by atoms with Gasteiger partial charge in [0, 0.05) is 6.42 Å². The fourth-order valence-electron chi connectivity index (χ4n) is 2.04. The third kappa shape index (κ3) is 4.70. The molecule has 0 aliphatic heterocycles. The lowest BCUT2D eigenvalue weighted by molar-refractivity contribution is -0.151. The van der Waals surface area contributed by atoms with E-state index in [0.29, 0.717) is 25.1 Å². The zero-order valence-electron chi connectivity index (χ0n) is 13.2. The van der Waals surface area contributed by atoms with E-state index in [0.717, 1.165) is 0 Å². The van der Waals surface area contributed by atoms with Gasteiger partial charge in [0.2, 0.25) is 0 Å². The van der Waals surface area contributed by atoms with Gasteiger partial charge in [0.05, 0.1) is 13.2 Å². The molecule has 4 nitrogen and oxygen atoms in total. The number of benzene rings is 1. The maximum Gasteiger partial charge on any atom is 0.326 e. The molecule has 1 unspecified atom stereocenters. The minimum atomic E-state index is -0.828. The van der Waals surface area contributed by atoms with Crippen molar-refractivity contribution in [2.75, 3.05) is 19.8 Å². The lowest BCUT2D eigenvalue weighted by Gasteiger charge is -2.28. The van der Waals surface area contributed by atoms with E-state index in [-0.39, 0.29) is 24.1 Å². The number of carbonyl (C=O) groups is 1. The number of esters is 1. The molecule has 0 saturated heterocycles. The van der Waals surface area contributed by atoms with Crippen molar-refractivity contribution in [3.05, 3.63) is 29.6 Å². The number of carbonyl (C=O) groups excluding carboxylic acids is 1. The molecule has 118 valence electrons. The first-order valence-corrected chi connectivity index (χ1v) is 7.24. The molecule has 0 bridgehead atoms. The molecule has 1 N–H and O–H groups in total. The molecule has 0 aromatic heterocycles. The van der Waals surface area contributed by atoms with Gasteiger partial charge in [0.1, 0.15) is 5.54 Å². The Labute approximate surface area is 125 Å². The van der Waals surface area contributed by atoms with E-state index in [9.17, 15) is 9.18 Å². The van der Waals surface area contributed by atoms with Gasteiger partial charge in [-0.25, -0.2) is 4.39 Å². The lowest BCUT2D eigenvalue weighted by Crippen LogP contribution is -2.51.